The van der Waals surface area contributed by atoms with E-state index in [4.69, 9.17) is 19.3 Å². The van der Waals surface area contributed by atoms with E-state index in [1.165, 1.54) is 5.56 Å². The summed E-state index contributed by atoms with van der Waals surface area (Å²) in [6.45, 7) is 13.5. The van der Waals surface area contributed by atoms with Crippen molar-refractivity contribution in [3.05, 3.63) is 23.8 Å². The molecule has 0 radical (unpaired) electrons. The molecule has 2 saturated heterocycles. The zero-order valence-electron chi connectivity index (χ0n) is 19.7. The monoisotopic (exact) mass is 444 g/mol. The minimum Gasteiger partial charge on any atom is -0.460 e. The standard InChI is InChI=1S/C24H36N4O4/c1-17(2)28-21-6-5-18(16-27-9-13-31-14-10-27)15-20(21)22(26-28)32-24(3,4)23(29)25-19-7-11-30-12-8-19/h5-6,15,17,19H,7-14,16H2,1-4H3,(H,25,29). The smallest absolute Gasteiger partial charge is 0.263 e. The summed E-state index contributed by atoms with van der Waals surface area (Å²) in [5, 5.41) is 8.82. The van der Waals surface area contributed by atoms with Crippen molar-refractivity contribution >= 4 is 16.8 Å². The molecule has 0 spiro atoms. The fourth-order valence-corrected chi connectivity index (χ4v) is 4.23. The van der Waals surface area contributed by atoms with Gasteiger partial charge in [-0.2, -0.15) is 0 Å². The number of nitrogens with one attached hydrogen (secondary N) is 1. The number of hydrogen-bond donors (Lipinski definition) is 1. The molecule has 8 heteroatoms. The third-order valence-corrected chi connectivity index (χ3v) is 6.19. The Labute approximate surface area is 190 Å². The Balaban J connectivity index is 1.56. The first-order chi connectivity index (χ1) is 15.3. The van der Waals surface area contributed by atoms with Crippen molar-refractivity contribution in [2.45, 2.75) is 64.8 Å². The fraction of sp³-hybridized carbons (Fsp3) is 0.667. The van der Waals surface area contributed by atoms with E-state index in [1.807, 2.05) is 4.68 Å². The molecule has 176 valence electrons. The third-order valence-electron chi connectivity index (χ3n) is 6.19. The van der Waals surface area contributed by atoms with Gasteiger partial charge >= 0.3 is 0 Å². The summed E-state index contributed by atoms with van der Waals surface area (Å²) in [7, 11) is 0. The largest absolute Gasteiger partial charge is 0.460 e. The maximum Gasteiger partial charge on any atom is 0.263 e. The number of morpholine rings is 1. The highest BCUT2D eigenvalue weighted by molar-refractivity contribution is 5.88. The summed E-state index contributed by atoms with van der Waals surface area (Å²) in [4.78, 5) is 15.4. The predicted octanol–water partition coefficient (Wildman–Crippen LogP) is 2.90. The Morgan fingerprint density at radius 1 is 1.19 bits per heavy atom. The first kappa shape index (κ1) is 23.0. The molecule has 0 saturated carbocycles. The van der Waals surface area contributed by atoms with Crippen LogP contribution in [0.2, 0.25) is 0 Å². The molecule has 0 aliphatic carbocycles. The molecule has 1 amide bonds. The van der Waals surface area contributed by atoms with Crippen LogP contribution in [0.5, 0.6) is 5.88 Å². The van der Waals surface area contributed by atoms with Gasteiger partial charge in [0.05, 0.1) is 24.1 Å². The first-order valence-electron chi connectivity index (χ1n) is 11.7. The number of amides is 1. The zero-order valence-corrected chi connectivity index (χ0v) is 19.7. The van der Waals surface area contributed by atoms with E-state index in [0.717, 1.165) is 56.6 Å². The van der Waals surface area contributed by atoms with E-state index in [-0.39, 0.29) is 18.0 Å². The Kier molecular flexibility index (Phi) is 7.02. The second-order valence-electron chi connectivity index (χ2n) is 9.56. The van der Waals surface area contributed by atoms with Gasteiger partial charge in [0, 0.05) is 44.9 Å². The summed E-state index contributed by atoms with van der Waals surface area (Å²) < 4.78 is 19.1. The average Bonchev–Trinajstić information content (AvgIpc) is 3.12. The molecule has 1 N–H and O–H groups in total. The lowest BCUT2D eigenvalue weighted by molar-refractivity contribution is -0.135. The van der Waals surface area contributed by atoms with Gasteiger partial charge in [-0.15, -0.1) is 5.10 Å². The molecule has 2 aliphatic rings. The Morgan fingerprint density at radius 3 is 2.56 bits per heavy atom. The van der Waals surface area contributed by atoms with E-state index in [0.29, 0.717) is 19.1 Å². The van der Waals surface area contributed by atoms with Gasteiger partial charge in [0.1, 0.15) is 0 Å². The van der Waals surface area contributed by atoms with Gasteiger partial charge in [0.15, 0.2) is 5.60 Å². The molecule has 2 aliphatic heterocycles. The Bertz CT molecular complexity index is 927. The summed E-state index contributed by atoms with van der Waals surface area (Å²) >= 11 is 0. The molecule has 3 heterocycles. The van der Waals surface area contributed by atoms with Gasteiger partial charge in [-0.25, -0.2) is 0 Å². The molecule has 1 aromatic heterocycles. The fourth-order valence-electron chi connectivity index (χ4n) is 4.23. The molecule has 8 nitrogen and oxygen atoms in total. The highest BCUT2D eigenvalue weighted by atomic mass is 16.5. The van der Waals surface area contributed by atoms with Crippen molar-refractivity contribution in [2.75, 3.05) is 39.5 Å². The number of hydrogen-bond acceptors (Lipinski definition) is 6. The van der Waals surface area contributed by atoms with Gasteiger partial charge in [-0.3, -0.25) is 14.4 Å². The van der Waals surface area contributed by atoms with Crippen molar-refractivity contribution in [3.63, 3.8) is 0 Å². The Morgan fingerprint density at radius 2 is 1.88 bits per heavy atom. The van der Waals surface area contributed by atoms with Crippen molar-refractivity contribution in [1.82, 2.24) is 20.0 Å². The maximum absolute atomic E-state index is 13.0. The number of carbonyl (C=O) groups excluding carboxylic acids is 1. The van der Waals surface area contributed by atoms with Crippen LogP contribution >= 0.6 is 0 Å². The first-order valence-corrected chi connectivity index (χ1v) is 11.7. The minimum absolute atomic E-state index is 0.124. The van der Waals surface area contributed by atoms with Crippen LogP contribution in [-0.2, 0) is 20.8 Å². The summed E-state index contributed by atoms with van der Waals surface area (Å²) in [6, 6.07) is 6.73. The predicted molar refractivity (Wildman–Crippen MR) is 123 cm³/mol. The number of ether oxygens (including phenoxy) is 3. The summed E-state index contributed by atoms with van der Waals surface area (Å²) in [5.74, 6) is 0.380. The zero-order chi connectivity index (χ0) is 22.7. The molecule has 32 heavy (non-hydrogen) atoms. The molecular weight excluding hydrogens is 408 g/mol. The van der Waals surface area contributed by atoms with Crippen LogP contribution in [0.25, 0.3) is 10.9 Å². The Hall–Kier alpha value is -2.16. The summed E-state index contributed by atoms with van der Waals surface area (Å²) in [6.07, 6.45) is 1.66. The number of benzene rings is 1. The van der Waals surface area contributed by atoms with E-state index in [1.54, 1.807) is 13.8 Å². The SMILES string of the molecule is CC(C)n1nc(OC(C)(C)C(=O)NC2CCOCC2)c2cc(CN3CCOCC3)ccc21. The van der Waals surface area contributed by atoms with E-state index >= 15 is 0 Å². The van der Waals surface area contributed by atoms with Crippen molar-refractivity contribution in [2.24, 2.45) is 0 Å². The van der Waals surface area contributed by atoms with Crippen LogP contribution in [0.4, 0.5) is 0 Å². The number of fused-ring (bicyclic) bond motifs is 1. The van der Waals surface area contributed by atoms with Crippen molar-refractivity contribution in [1.29, 1.82) is 0 Å². The molecule has 2 aromatic rings. The third kappa shape index (κ3) is 5.24. The highest BCUT2D eigenvalue weighted by Gasteiger charge is 2.34. The van der Waals surface area contributed by atoms with Crippen LogP contribution in [0.15, 0.2) is 18.2 Å². The molecule has 1 aromatic carbocycles. The summed E-state index contributed by atoms with van der Waals surface area (Å²) in [5.41, 5.74) is 1.18. The van der Waals surface area contributed by atoms with Gasteiger partial charge in [-0.05, 0) is 58.2 Å². The maximum atomic E-state index is 13.0. The van der Waals surface area contributed by atoms with Crippen molar-refractivity contribution < 1.29 is 19.0 Å². The lowest BCUT2D eigenvalue weighted by atomic mass is 10.0. The van der Waals surface area contributed by atoms with Crippen LogP contribution in [-0.4, -0.2) is 71.7 Å². The quantitative estimate of drug-likeness (QED) is 0.708. The molecule has 4 rings (SSSR count). The lowest BCUT2D eigenvalue weighted by Gasteiger charge is -2.29. The van der Waals surface area contributed by atoms with Crippen molar-refractivity contribution in [3.8, 4) is 5.88 Å². The average molecular weight is 445 g/mol. The molecule has 2 fully saturated rings. The second kappa shape index (κ2) is 9.77. The van der Waals surface area contributed by atoms with Crippen LogP contribution in [0.1, 0.15) is 52.1 Å². The van der Waals surface area contributed by atoms with Crippen LogP contribution < -0.4 is 10.1 Å². The number of carbonyl (C=O) groups is 1. The number of aromatic nitrogens is 2. The van der Waals surface area contributed by atoms with Crippen LogP contribution in [0, 0.1) is 0 Å². The minimum atomic E-state index is -1.04. The molecule has 0 bridgehead atoms. The van der Waals surface area contributed by atoms with E-state index in [2.05, 4.69) is 42.3 Å². The topological polar surface area (TPSA) is 77.9 Å². The number of nitrogens with zero attached hydrogens (tertiary/aromatic N) is 3. The normalized spacial score (nSPS) is 18.9. The van der Waals surface area contributed by atoms with Crippen LogP contribution in [0.3, 0.4) is 0 Å². The van der Waals surface area contributed by atoms with E-state index in [9.17, 15) is 4.79 Å². The van der Waals surface area contributed by atoms with Gasteiger partial charge in [0.25, 0.3) is 5.91 Å². The van der Waals surface area contributed by atoms with Gasteiger partial charge < -0.3 is 19.5 Å². The second-order valence-corrected chi connectivity index (χ2v) is 9.56. The lowest BCUT2D eigenvalue weighted by Crippen LogP contribution is -2.51. The highest BCUT2D eigenvalue weighted by Crippen LogP contribution is 2.31. The number of rotatable bonds is 7. The van der Waals surface area contributed by atoms with Gasteiger partial charge in [-0.1, -0.05) is 6.07 Å². The molecule has 0 atom stereocenters. The van der Waals surface area contributed by atoms with Gasteiger partial charge in [0.2, 0.25) is 5.88 Å². The van der Waals surface area contributed by atoms with E-state index < -0.39 is 5.60 Å². The molecular formula is C24H36N4O4. The molecule has 0 unspecified atom stereocenters.